The van der Waals surface area contributed by atoms with Gasteiger partial charge in [-0.15, -0.1) is 11.3 Å². The van der Waals surface area contributed by atoms with E-state index in [1.807, 2.05) is 17.5 Å². The molecule has 0 radical (unpaired) electrons. The van der Waals surface area contributed by atoms with Crippen molar-refractivity contribution in [2.45, 2.75) is 25.3 Å². The smallest absolute Gasteiger partial charge is 0.326 e. The van der Waals surface area contributed by atoms with Gasteiger partial charge in [-0.2, -0.15) is 0 Å². The van der Waals surface area contributed by atoms with Crippen molar-refractivity contribution >= 4 is 34.8 Å². The van der Waals surface area contributed by atoms with Gasteiger partial charge in [0.15, 0.2) is 0 Å². The van der Waals surface area contributed by atoms with Gasteiger partial charge in [-0.25, -0.2) is 9.78 Å². The van der Waals surface area contributed by atoms with Crippen LogP contribution in [-0.4, -0.2) is 39.5 Å². The molecule has 120 valence electrons. The molecule has 0 saturated carbocycles. The minimum absolute atomic E-state index is 0.133. The van der Waals surface area contributed by atoms with Crippen LogP contribution in [0.5, 0.6) is 0 Å². The van der Waals surface area contributed by atoms with Gasteiger partial charge in [0, 0.05) is 22.5 Å². The number of amides is 1. The number of rotatable bonds is 4. The molecular formula is C16H15ClN2O3S. The number of carboxylic acids is 1. The molecule has 1 saturated heterocycles. The third-order valence-electron chi connectivity index (χ3n) is 3.83. The van der Waals surface area contributed by atoms with Crippen molar-refractivity contribution in [2.75, 3.05) is 6.54 Å². The quantitative estimate of drug-likeness (QED) is 0.919. The molecule has 3 rings (SSSR count). The third kappa shape index (κ3) is 3.54. The molecular weight excluding hydrogens is 336 g/mol. The molecule has 0 aliphatic carbocycles. The molecule has 1 amide bonds. The van der Waals surface area contributed by atoms with Crippen LogP contribution in [0, 0.1) is 0 Å². The molecule has 0 unspecified atom stereocenters. The Morgan fingerprint density at radius 2 is 2.09 bits per heavy atom. The number of hydrogen-bond acceptors (Lipinski definition) is 4. The lowest BCUT2D eigenvalue weighted by atomic mass is 10.2. The first kappa shape index (κ1) is 16.0. The molecule has 1 aromatic carbocycles. The SMILES string of the molecule is O=C(O)[C@@H]1CCCN1C(=O)Cc1csc(-c2ccc(Cl)cc2)n1. The molecule has 0 spiro atoms. The van der Waals surface area contributed by atoms with Gasteiger partial charge in [0.05, 0.1) is 12.1 Å². The van der Waals surface area contributed by atoms with Crippen molar-refractivity contribution in [1.82, 2.24) is 9.88 Å². The number of carbonyl (C=O) groups is 2. The molecule has 1 aliphatic rings. The fourth-order valence-electron chi connectivity index (χ4n) is 2.69. The summed E-state index contributed by atoms with van der Waals surface area (Å²) in [6.07, 6.45) is 1.39. The Labute approximate surface area is 142 Å². The number of hydrogen-bond donors (Lipinski definition) is 1. The first-order valence-corrected chi connectivity index (χ1v) is 8.53. The van der Waals surface area contributed by atoms with Gasteiger partial charge in [0.1, 0.15) is 11.0 Å². The summed E-state index contributed by atoms with van der Waals surface area (Å²) in [7, 11) is 0. The molecule has 1 fully saturated rings. The largest absolute Gasteiger partial charge is 0.480 e. The van der Waals surface area contributed by atoms with Crippen molar-refractivity contribution in [3.63, 3.8) is 0 Å². The van der Waals surface area contributed by atoms with E-state index in [0.29, 0.717) is 23.7 Å². The van der Waals surface area contributed by atoms with E-state index in [0.717, 1.165) is 17.0 Å². The van der Waals surface area contributed by atoms with Crippen molar-refractivity contribution < 1.29 is 14.7 Å². The maximum absolute atomic E-state index is 12.3. The zero-order valence-electron chi connectivity index (χ0n) is 12.2. The molecule has 5 nitrogen and oxygen atoms in total. The van der Waals surface area contributed by atoms with E-state index < -0.39 is 12.0 Å². The number of aliphatic carboxylic acids is 1. The van der Waals surface area contributed by atoms with Gasteiger partial charge in [-0.1, -0.05) is 23.7 Å². The number of nitrogens with zero attached hydrogens (tertiary/aromatic N) is 2. The van der Waals surface area contributed by atoms with Crippen LogP contribution in [0.3, 0.4) is 0 Å². The predicted molar refractivity (Wildman–Crippen MR) is 88.6 cm³/mol. The molecule has 0 bridgehead atoms. The summed E-state index contributed by atoms with van der Waals surface area (Å²) in [6, 6.07) is 6.66. The summed E-state index contributed by atoms with van der Waals surface area (Å²) in [6.45, 7) is 0.504. The average molecular weight is 351 g/mol. The van der Waals surface area contributed by atoms with Gasteiger partial charge >= 0.3 is 5.97 Å². The fourth-order valence-corrected chi connectivity index (χ4v) is 3.64. The van der Waals surface area contributed by atoms with Crippen LogP contribution in [0.4, 0.5) is 0 Å². The topological polar surface area (TPSA) is 70.5 Å². The number of thiazole rings is 1. The highest BCUT2D eigenvalue weighted by molar-refractivity contribution is 7.13. The van der Waals surface area contributed by atoms with Crippen LogP contribution in [-0.2, 0) is 16.0 Å². The zero-order valence-corrected chi connectivity index (χ0v) is 13.8. The number of aromatic nitrogens is 1. The van der Waals surface area contributed by atoms with Gasteiger partial charge in [-0.3, -0.25) is 4.79 Å². The summed E-state index contributed by atoms with van der Waals surface area (Å²) >= 11 is 7.33. The minimum Gasteiger partial charge on any atom is -0.480 e. The van der Waals surface area contributed by atoms with Crippen LogP contribution < -0.4 is 0 Å². The standard InChI is InChI=1S/C16H15ClN2O3S/c17-11-5-3-10(4-6-11)15-18-12(9-23-15)8-14(20)19-7-1-2-13(19)16(21)22/h3-6,9,13H,1-2,7-8H2,(H,21,22)/t13-/m0/s1. The second-order valence-corrected chi connectivity index (χ2v) is 6.71. The van der Waals surface area contributed by atoms with Gasteiger partial charge in [0.25, 0.3) is 0 Å². The van der Waals surface area contributed by atoms with Crippen molar-refractivity contribution in [3.05, 3.63) is 40.4 Å². The van der Waals surface area contributed by atoms with E-state index in [2.05, 4.69) is 4.98 Å². The Morgan fingerprint density at radius 3 is 2.78 bits per heavy atom. The van der Waals surface area contributed by atoms with E-state index in [4.69, 9.17) is 16.7 Å². The van der Waals surface area contributed by atoms with Crippen LogP contribution in [0.2, 0.25) is 5.02 Å². The van der Waals surface area contributed by atoms with Crippen molar-refractivity contribution in [1.29, 1.82) is 0 Å². The van der Waals surface area contributed by atoms with Crippen LogP contribution in [0.15, 0.2) is 29.6 Å². The monoisotopic (exact) mass is 350 g/mol. The Morgan fingerprint density at radius 1 is 1.35 bits per heavy atom. The van der Waals surface area contributed by atoms with E-state index in [9.17, 15) is 9.59 Å². The Balaban J connectivity index is 1.70. The molecule has 1 N–H and O–H groups in total. The molecule has 1 aromatic heterocycles. The van der Waals surface area contributed by atoms with E-state index in [1.54, 1.807) is 12.1 Å². The zero-order chi connectivity index (χ0) is 16.4. The molecule has 1 aliphatic heterocycles. The second-order valence-electron chi connectivity index (χ2n) is 5.41. The minimum atomic E-state index is -0.934. The molecule has 23 heavy (non-hydrogen) atoms. The first-order valence-electron chi connectivity index (χ1n) is 7.27. The Bertz CT molecular complexity index is 729. The highest BCUT2D eigenvalue weighted by Gasteiger charge is 2.33. The lowest BCUT2D eigenvalue weighted by molar-refractivity contribution is -0.148. The summed E-state index contributed by atoms with van der Waals surface area (Å²) in [5.41, 5.74) is 1.61. The van der Waals surface area contributed by atoms with Crippen LogP contribution >= 0.6 is 22.9 Å². The van der Waals surface area contributed by atoms with Gasteiger partial charge in [0.2, 0.25) is 5.91 Å². The highest BCUT2D eigenvalue weighted by atomic mass is 35.5. The van der Waals surface area contributed by atoms with Gasteiger partial charge < -0.3 is 10.0 Å². The average Bonchev–Trinajstić information content (AvgIpc) is 3.16. The summed E-state index contributed by atoms with van der Waals surface area (Å²) in [5, 5.41) is 12.5. The number of halogens is 1. The number of carbonyl (C=O) groups excluding carboxylic acids is 1. The molecule has 7 heteroatoms. The lowest BCUT2D eigenvalue weighted by Gasteiger charge is -2.20. The summed E-state index contributed by atoms with van der Waals surface area (Å²) < 4.78 is 0. The molecule has 2 aromatic rings. The fraction of sp³-hybridized carbons (Fsp3) is 0.312. The van der Waals surface area contributed by atoms with E-state index in [-0.39, 0.29) is 12.3 Å². The maximum Gasteiger partial charge on any atom is 0.326 e. The number of benzene rings is 1. The van der Waals surface area contributed by atoms with Crippen molar-refractivity contribution in [3.8, 4) is 10.6 Å². The first-order chi connectivity index (χ1) is 11.0. The second kappa shape index (κ2) is 6.68. The highest BCUT2D eigenvalue weighted by Crippen LogP contribution is 2.26. The molecule has 1 atom stereocenters. The normalized spacial score (nSPS) is 17.4. The lowest BCUT2D eigenvalue weighted by Crippen LogP contribution is -2.41. The number of likely N-dealkylation sites (tertiary alicyclic amines) is 1. The van der Waals surface area contributed by atoms with Gasteiger partial charge in [-0.05, 0) is 25.0 Å². The van der Waals surface area contributed by atoms with Crippen LogP contribution in [0.1, 0.15) is 18.5 Å². The number of carboxylic acid groups (broad SMARTS) is 1. The summed E-state index contributed by atoms with van der Waals surface area (Å²) in [4.78, 5) is 29.4. The molecule has 2 heterocycles. The predicted octanol–water partition coefficient (Wildman–Crippen LogP) is 3.08. The Hall–Kier alpha value is -1.92. The van der Waals surface area contributed by atoms with Crippen LogP contribution in [0.25, 0.3) is 10.6 Å². The van der Waals surface area contributed by atoms with E-state index >= 15 is 0 Å². The van der Waals surface area contributed by atoms with E-state index in [1.165, 1.54) is 16.2 Å². The maximum atomic E-state index is 12.3. The Kier molecular flexibility index (Phi) is 4.63. The van der Waals surface area contributed by atoms with Crippen molar-refractivity contribution in [2.24, 2.45) is 0 Å². The third-order valence-corrected chi connectivity index (χ3v) is 5.03. The summed E-state index contributed by atoms with van der Waals surface area (Å²) in [5.74, 6) is -1.11.